The summed E-state index contributed by atoms with van der Waals surface area (Å²) in [5.41, 5.74) is 1.41. The smallest absolute Gasteiger partial charge is 0.169 e. The van der Waals surface area contributed by atoms with Gasteiger partial charge in [-0.2, -0.15) is 0 Å². The summed E-state index contributed by atoms with van der Waals surface area (Å²) in [5.74, 6) is 0.0474. The summed E-state index contributed by atoms with van der Waals surface area (Å²) in [6.45, 7) is 0. The topological polar surface area (TPSA) is 42.9 Å². The molecule has 0 aliphatic rings. The SMILES string of the molecule is O=C(Cc1ccncn1)c1ccccc1Br. The normalized spacial score (nSPS) is 10.1. The maximum absolute atomic E-state index is 11.9. The third kappa shape index (κ3) is 2.52. The molecule has 0 saturated heterocycles. The Hall–Kier alpha value is -1.55. The molecule has 16 heavy (non-hydrogen) atoms. The summed E-state index contributed by atoms with van der Waals surface area (Å²) in [6.07, 6.45) is 3.38. The molecule has 0 saturated carbocycles. The number of halogens is 1. The lowest BCUT2D eigenvalue weighted by atomic mass is 10.1. The summed E-state index contributed by atoms with van der Waals surface area (Å²) >= 11 is 3.36. The van der Waals surface area contributed by atoms with Crippen LogP contribution in [0.1, 0.15) is 16.1 Å². The Morgan fingerprint density at radius 1 is 1.25 bits per heavy atom. The van der Waals surface area contributed by atoms with Crippen molar-refractivity contribution in [2.75, 3.05) is 0 Å². The second-order valence-corrected chi connectivity index (χ2v) is 4.13. The summed E-state index contributed by atoms with van der Waals surface area (Å²) in [4.78, 5) is 19.8. The molecule has 3 nitrogen and oxygen atoms in total. The number of aromatic nitrogens is 2. The molecular formula is C12H9BrN2O. The minimum absolute atomic E-state index is 0.0474. The molecule has 0 aliphatic carbocycles. The number of rotatable bonds is 3. The van der Waals surface area contributed by atoms with Gasteiger partial charge in [0.2, 0.25) is 0 Å². The average molecular weight is 277 g/mol. The van der Waals surface area contributed by atoms with Crippen LogP contribution in [0.3, 0.4) is 0 Å². The van der Waals surface area contributed by atoms with Crippen LogP contribution in [-0.4, -0.2) is 15.8 Å². The van der Waals surface area contributed by atoms with Gasteiger partial charge in [0.05, 0.1) is 12.1 Å². The quantitative estimate of drug-likeness (QED) is 0.810. The second-order valence-electron chi connectivity index (χ2n) is 3.28. The van der Waals surface area contributed by atoms with Crippen molar-refractivity contribution in [2.24, 2.45) is 0 Å². The zero-order chi connectivity index (χ0) is 11.4. The van der Waals surface area contributed by atoms with Crippen LogP contribution in [0.2, 0.25) is 0 Å². The van der Waals surface area contributed by atoms with Crippen LogP contribution in [0.4, 0.5) is 0 Å². The third-order valence-corrected chi connectivity index (χ3v) is 2.85. The summed E-state index contributed by atoms with van der Waals surface area (Å²) in [5, 5.41) is 0. The van der Waals surface area contributed by atoms with Crippen LogP contribution >= 0.6 is 15.9 Å². The first-order valence-electron chi connectivity index (χ1n) is 4.80. The van der Waals surface area contributed by atoms with E-state index < -0.39 is 0 Å². The molecule has 0 unspecified atom stereocenters. The first-order valence-corrected chi connectivity index (χ1v) is 5.59. The Labute approximate surface area is 102 Å². The molecule has 2 rings (SSSR count). The fourth-order valence-corrected chi connectivity index (χ4v) is 1.88. The summed E-state index contributed by atoms with van der Waals surface area (Å²) in [7, 11) is 0. The predicted octanol–water partition coefficient (Wildman–Crippen LogP) is 2.66. The van der Waals surface area contributed by atoms with Gasteiger partial charge in [0, 0.05) is 16.2 Å². The largest absolute Gasteiger partial charge is 0.294 e. The molecule has 0 atom stereocenters. The van der Waals surface area contributed by atoms with Gasteiger partial charge in [0.25, 0.3) is 0 Å². The molecule has 1 heterocycles. The highest BCUT2D eigenvalue weighted by atomic mass is 79.9. The molecule has 0 fully saturated rings. The van der Waals surface area contributed by atoms with Gasteiger partial charge in [0.1, 0.15) is 6.33 Å². The number of ketones is 1. The standard InChI is InChI=1S/C12H9BrN2O/c13-11-4-2-1-3-10(11)12(16)7-9-5-6-14-8-15-9/h1-6,8H,7H2. The minimum Gasteiger partial charge on any atom is -0.294 e. The second kappa shape index (κ2) is 4.99. The van der Waals surface area contributed by atoms with Crippen LogP contribution in [-0.2, 0) is 6.42 Å². The van der Waals surface area contributed by atoms with Gasteiger partial charge >= 0.3 is 0 Å². The van der Waals surface area contributed by atoms with Crippen molar-refractivity contribution in [1.82, 2.24) is 9.97 Å². The van der Waals surface area contributed by atoms with E-state index in [1.54, 1.807) is 18.3 Å². The number of Topliss-reactive ketones (excluding diaryl/α,β-unsaturated/α-hetero) is 1. The average Bonchev–Trinajstić information content (AvgIpc) is 2.31. The Balaban J connectivity index is 2.19. The summed E-state index contributed by atoms with van der Waals surface area (Å²) in [6, 6.07) is 9.12. The van der Waals surface area contributed by atoms with E-state index >= 15 is 0 Å². The maximum Gasteiger partial charge on any atom is 0.169 e. The maximum atomic E-state index is 11.9. The van der Waals surface area contributed by atoms with Gasteiger partial charge in [0.15, 0.2) is 5.78 Å². The number of nitrogens with zero attached hydrogens (tertiary/aromatic N) is 2. The van der Waals surface area contributed by atoms with E-state index in [4.69, 9.17) is 0 Å². The molecule has 0 spiro atoms. The van der Waals surface area contributed by atoms with Crippen molar-refractivity contribution in [3.8, 4) is 0 Å². The van der Waals surface area contributed by atoms with Crippen molar-refractivity contribution >= 4 is 21.7 Å². The zero-order valence-corrected chi connectivity index (χ0v) is 10.0. The Bertz CT molecular complexity index is 499. The van der Waals surface area contributed by atoms with Crippen molar-refractivity contribution in [2.45, 2.75) is 6.42 Å². The van der Waals surface area contributed by atoms with Gasteiger partial charge in [-0.3, -0.25) is 4.79 Å². The molecule has 0 N–H and O–H groups in total. The highest BCUT2D eigenvalue weighted by Crippen LogP contribution is 2.17. The van der Waals surface area contributed by atoms with E-state index in [1.807, 2.05) is 18.2 Å². The molecule has 0 aliphatic heterocycles. The highest BCUT2D eigenvalue weighted by molar-refractivity contribution is 9.10. The van der Waals surface area contributed by atoms with E-state index in [2.05, 4.69) is 25.9 Å². The van der Waals surface area contributed by atoms with E-state index in [0.29, 0.717) is 12.0 Å². The van der Waals surface area contributed by atoms with Crippen LogP contribution in [0, 0.1) is 0 Å². The van der Waals surface area contributed by atoms with E-state index in [1.165, 1.54) is 6.33 Å². The number of hydrogen-bond acceptors (Lipinski definition) is 3. The highest BCUT2D eigenvalue weighted by Gasteiger charge is 2.10. The molecule has 1 aromatic heterocycles. The van der Waals surface area contributed by atoms with Crippen molar-refractivity contribution in [3.05, 3.63) is 58.6 Å². The molecule has 2 aromatic rings. The van der Waals surface area contributed by atoms with E-state index in [9.17, 15) is 4.79 Å². The van der Waals surface area contributed by atoms with Gasteiger partial charge in [-0.15, -0.1) is 0 Å². The molecule has 4 heteroatoms. The van der Waals surface area contributed by atoms with Crippen molar-refractivity contribution in [3.63, 3.8) is 0 Å². The van der Waals surface area contributed by atoms with Crippen LogP contribution in [0.5, 0.6) is 0 Å². The van der Waals surface area contributed by atoms with Crippen LogP contribution in [0.15, 0.2) is 47.3 Å². The summed E-state index contributed by atoms with van der Waals surface area (Å²) < 4.78 is 0.814. The predicted molar refractivity (Wildman–Crippen MR) is 64.2 cm³/mol. The van der Waals surface area contributed by atoms with Gasteiger partial charge < -0.3 is 0 Å². The van der Waals surface area contributed by atoms with E-state index in [-0.39, 0.29) is 5.78 Å². The molecular weight excluding hydrogens is 268 g/mol. The number of benzene rings is 1. The minimum atomic E-state index is 0.0474. The van der Waals surface area contributed by atoms with Gasteiger partial charge in [-0.1, -0.05) is 34.1 Å². The first-order chi connectivity index (χ1) is 7.77. The number of hydrogen-bond donors (Lipinski definition) is 0. The number of carbonyl (C=O) groups is 1. The third-order valence-electron chi connectivity index (χ3n) is 2.16. The van der Waals surface area contributed by atoms with Crippen LogP contribution in [0.25, 0.3) is 0 Å². The Morgan fingerprint density at radius 2 is 2.06 bits per heavy atom. The lowest BCUT2D eigenvalue weighted by Crippen LogP contribution is -2.05. The van der Waals surface area contributed by atoms with Gasteiger partial charge in [-0.05, 0) is 12.1 Å². The molecule has 0 bridgehead atoms. The van der Waals surface area contributed by atoms with Gasteiger partial charge in [-0.25, -0.2) is 9.97 Å². The Morgan fingerprint density at radius 3 is 2.75 bits per heavy atom. The molecule has 0 amide bonds. The van der Waals surface area contributed by atoms with Crippen molar-refractivity contribution < 1.29 is 4.79 Å². The fraction of sp³-hybridized carbons (Fsp3) is 0.0833. The van der Waals surface area contributed by atoms with Crippen LogP contribution < -0.4 is 0 Å². The molecule has 0 radical (unpaired) electrons. The monoisotopic (exact) mass is 276 g/mol. The van der Waals surface area contributed by atoms with E-state index in [0.717, 1.165) is 10.2 Å². The first kappa shape index (κ1) is 11.0. The fourth-order valence-electron chi connectivity index (χ4n) is 1.37. The molecule has 80 valence electrons. The number of carbonyl (C=O) groups excluding carboxylic acids is 1. The Kier molecular flexibility index (Phi) is 3.41. The zero-order valence-electron chi connectivity index (χ0n) is 8.43. The lowest BCUT2D eigenvalue weighted by molar-refractivity contribution is 0.0991. The molecule has 1 aromatic carbocycles. The lowest BCUT2D eigenvalue weighted by Gasteiger charge is -2.02. The van der Waals surface area contributed by atoms with Crippen molar-refractivity contribution in [1.29, 1.82) is 0 Å².